The van der Waals surface area contributed by atoms with Crippen LogP contribution in [0.1, 0.15) is 42.9 Å². The van der Waals surface area contributed by atoms with E-state index in [9.17, 15) is 0 Å². The number of methoxy groups -OCH3 is 1. The van der Waals surface area contributed by atoms with Crippen molar-refractivity contribution in [1.29, 1.82) is 0 Å². The molecule has 0 saturated heterocycles. The van der Waals surface area contributed by atoms with Crippen LogP contribution in [0.15, 0.2) is 64.9 Å². The SMILES string of the molecule is COc1ccc2c(c1)CCC(/C=C1\CCCN=C1c1cccnc1)=C2C. The molecule has 26 heavy (non-hydrogen) atoms. The summed E-state index contributed by atoms with van der Waals surface area (Å²) < 4.78 is 5.38. The normalized spacial score (nSPS) is 18.5. The average molecular weight is 344 g/mol. The van der Waals surface area contributed by atoms with Crippen molar-refractivity contribution in [2.45, 2.75) is 32.6 Å². The highest BCUT2D eigenvalue weighted by Gasteiger charge is 2.19. The summed E-state index contributed by atoms with van der Waals surface area (Å²) in [5.74, 6) is 0.941. The Morgan fingerprint density at radius 3 is 2.85 bits per heavy atom. The van der Waals surface area contributed by atoms with Crippen molar-refractivity contribution >= 4 is 11.3 Å². The van der Waals surface area contributed by atoms with Gasteiger partial charge in [0.2, 0.25) is 0 Å². The van der Waals surface area contributed by atoms with Gasteiger partial charge in [-0.2, -0.15) is 0 Å². The van der Waals surface area contributed by atoms with Gasteiger partial charge in [-0.15, -0.1) is 0 Å². The fourth-order valence-corrected chi connectivity index (χ4v) is 3.89. The molecule has 132 valence electrons. The second kappa shape index (κ2) is 7.28. The monoisotopic (exact) mass is 344 g/mol. The minimum Gasteiger partial charge on any atom is -0.497 e. The molecule has 1 aromatic heterocycles. The second-order valence-corrected chi connectivity index (χ2v) is 6.92. The maximum absolute atomic E-state index is 5.38. The van der Waals surface area contributed by atoms with Crippen molar-refractivity contribution in [3.8, 4) is 5.75 Å². The van der Waals surface area contributed by atoms with E-state index in [1.54, 1.807) is 7.11 Å². The molecule has 1 aliphatic carbocycles. The van der Waals surface area contributed by atoms with Crippen LogP contribution in [0, 0.1) is 0 Å². The fourth-order valence-electron chi connectivity index (χ4n) is 3.89. The molecule has 4 rings (SSSR count). The predicted octanol–water partition coefficient (Wildman–Crippen LogP) is 5.02. The van der Waals surface area contributed by atoms with Crippen molar-refractivity contribution in [3.63, 3.8) is 0 Å². The van der Waals surface area contributed by atoms with Gasteiger partial charge in [0, 0.05) is 24.5 Å². The summed E-state index contributed by atoms with van der Waals surface area (Å²) in [6.45, 7) is 3.14. The van der Waals surface area contributed by atoms with Gasteiger partial charge in [0.1, 0.15) is 5.75 Å². The van der Waals surface area contributed by atoms with Gasteiger partial charge in [-0.3, -0.25) is 9.98 Å². The van der Waals surface area contributed by atoms with Crippen LogP contribution < -0.4 is 4.74 Å². The summed E-state index contributed by atoms with van der Waals surface area (Å²) >= 11 is 0. The molecule has 0 bridgehead atoms. The Balaban J connectivity index is 1.72. The van der Waals surface area contributed by atoms with Gasteiger partial charge in [0.05, 0.1) is 12.8 Å². The van der Waals surface area contributed by atoms with Crippen LogP contribution in [0.2, 0.25) is 0 Å². The number of hydrogen-bond donors (Lipinski definition) is 0. The summed E-state index contributed by atoms with van der Waals surface area (Å²) in [7, 11) is 1.73. The summed E-state index contributed by atoms with van der Waals surface area (Å²) in [4.78, 5) is 9.08. The summed E-state index contributed by atoms with van der Waals surface area (Å²) in [5.41, 5.74) is 9.11. The van der Waals surface area contributed by atoms with E-state index in [1.165, 1.54) is 27.8 Å². The Kier molecular flexibility index (Phi) is 4.70. The lowest BCUT2D eigenvalue weighted by Gasteiger charge is -2.22. The molecule has 0 N–H and O–H groups in total. The van der Waals surface area contributed by atoms with Gasteiger partial charge in [0.25, 0.3) is 0 Å². The summed E-state index contributed by atoms with van der Waals surface area (Å²) in [6, 6.07) is 10.5. The first kappa shape index (κ1) is 16.8. The Labute approximate surface area is 155 Å². The molecule has 2 aromatic rings. The number of pyridine rings is 1. The number of rotatable bonds is 3. The molecule has 0 fully saturated rings. The van der Waals surface area contributed by atoms with E-state index in [1.807, 2.05) is 18.5 Å². The maximum atomic E-state index is 5.38. The standard InChI is InChI=1S/C23H24N2O/c1-16-17(7-8-18-14-21(26-2)9-10-22(16)18)13-19-5-4-12-25-23(19)20-6-3-11-24-15-20/h3,6,9-11,13-15H,4-5,7-8,12H2,1-2H3/b19-13+. The van der Waals surface area contributed by atoms with Crippen LogP contribution in [0.5, 0.6) is 5.75 Å². The van der Waals surface area contributed by atoms with E-state index in [2.05, 4.69) is 42.2 Å². The Bertz CT molecular complexity index is 907. The molecule has 0 radical (unpaired) electrons. The zero-order chi connectivity index (χ0) is 17.9. The van der Waals surface area contributed by atoms with Gasteiger partial charge in [-0.1, -0.05) is 12.1 Å². The van der Waals surface area contributed by atoms with Gasteiger partial charge in [-0.25, -0.2) is 0 Å². The molecular formula is C23H24N2O. The molecule has 3 heteroatoms. The molecule has 3 nitrogen and oxygen atoms in total. The summed E-state index contributed by atoms with van der Waals surface area (Å²) in [6.07, 6.45) is 10.4. The average Bonchev–Trinajstić information content (AvgIpc) is 2.71. The van der Waals surface area contributed by atoms with Crippen LogP contribution >= 0.6 is 0 Å². The van der Waals surface area contributed by atoms with Crippen LogP contribution in [0.4, 0.5) is 0 Å². The number of allylic oxidation sites excluding steroid dienone is 4. The first-order valence-electron chi connectivity index (χ1n) is 9.29. The third kappa shape index (κ3) is 3.22. The van der Waals surface area contributed by atoms with Crippen LogP contribution in [0.3, 0.4) is 0 Å². The molecule has 0 amide bonds. The van der Waals surface area contributed by atoms with Gasteiger partial charge in [-0.05, 0) is 84.7 Å². The Morgan fingerprint density at radius 1 is 1.12 bits per heavy atom. The minimum absolute atomic E-state index is 0.905. The quantitative estimate of drug-likeness (QED) is 0.783. The third-order valence-electron chi connectivity index (χ3n) is 5.32. The highest BCUT2D eigenvalue weighted by atomic mass is 16.5. The predicted molar refractivity (Wildman–Crippen MR) is 107 cm³/mol. The van der Waals surface area contributed by atoms with E-state index >= 15 is 0 Å². The molecule has 0 unspecified atom stereocenters. The largest absolute Gasteiger partial charge is 0.497 e. The van der Waals surface area contributed by atoms with E-state index in [4.69, 9.17) is 9.73 Å². The van der Waals surface area contributed by atoms with Crippen molar-refractivity contribution in [1.82, 2.24) is 4.98 Å². The highest BCUT2D eigenvalue weighted by Crippen LogP contribution is 2.35. The molecule has 1 aliphatic heterocycles. The number of benzene rings is 1. The number of aliphatic imine (C=N–C) groups is 1. The highest BCUT2D eigenvalue weighted by molar-refractivity contribution is 6.13. The number of aryl methyl sites for hydroxylation is 1. The zero-order valence-electron chi connectivity index (χ0n) is 15.5. The van der Waals surface area contributed by atoms with Gasteiger partial charge >= 0.3 is 0 Å². The number of fused-ring (bicyclic) bond motifs is 1. The lowest BCUT2D eigenvalue weighted by molar-refractivity contribution is 0.414. The number of hydrogen-bond acceptors (Lipinski definition) is 3. The van der Waals surface area contributed by atoms with Gasteiger partial charge in [0.15, 0.2) is 0 Å². The van der Waals surface area contributed by atoms with Crippen molar-refractivity contribution in [3.05, 3.63) is 76.6 Å². The van der Waals surface area contributed by atoms with Crippen LogP contribution in [0.25, 0.3) is 5.57 Å². The van der Waals surface area contributed by atoms with Crippen LogP contribution in [-0.2, 0) is 6.42 Å². The van der Waals surface area contributed by atoms with Crippen molar-refractivity contribution in [2.75, 3.05) is 13.7 Å². The molecule has 2 aliphatic rings. The lowest BCUT2D eigenvalue weighted by Crippen LogP contribution is -2.13. The zero-order valence-corrected chi connectivity index (χ0v) is 15.5. The number of ether oxygens (including phenoxy) is 1. The molecule has 2 heterocycles. The topological polar surface area (TPSA) is 34.5 Å². The molecular weight excluding hydrogens is 320 g/mol. The Morgan fingerprint density at radius 2 is 2.04 bits per heavy atom. The van der Waals surface area contributed by atoms with E-state index in [-0.39, 0.29) is 0 Å². The lowest BCUT2D eigenvalue weighted by atomic mass is 9.84. The first-order valence-corrected chi connectivity index (χ1v) is 9.29. The maximum Gasteiger partial charge on any atom is 0.119 e. The fraction of sp³-hybridized carbons (Fsp3) is 0.304. The smallest absolute Gasteiger partial charge is 0.119 e. The van der Waals surface area contributed by atoms with E-state index < -0.39 is 0 Å². The molecule has 0 spiro atoms. The van der Waals surface area contributed by atoms with Crippen LogP contribution in [-0.4, -0.2) is 24.4 Å². The number of nitrogens with zero attached hydrogens (tertiary/aromatic N) is 2. The number of aromatic nitrogens is 1. The minimum atomic E-state index is 0.905. The van der Waals surface area contributed by atoms with E-state index in [0.717, 1.165) is 49.3 Å². The second-order valence-electron chi connectivity index (χ2n) is 6.92. The molecule has 0 saturated carbocycles. The first-order chi connectivity index (χ1) is 12.8. The molecule has 1 aromatic carbocycles. The molecule has 0 atom stereocenters. The van der Waals surface area contributed by atoms with Crippen molar-refractivity contribution in [2.24, 2.45) is 4.99 Å². The van der Waals surface area contributed by atoms with Gasteiger partial charge < -0.3 is 4.74 Å². The Hall–Kier alpha value is -2.68. The third-order valence-corrected chi connectivity index (χ3v) is 5.32. The van der Waals surface area contributed by atoms with Crippen molar-refractivity contribution < 1.29 is 4.74 Å². The summed E-state index contributed by atoms with van der Waals surface area (Å²) in [5, 5.41) is 0. The van der Waals surface area contributed by atoms with E-state index in [0.29, 0.717) is 0 Å².